The molecule has 1 aliphatic rings. The molecule has 0 aliphatic carbocycles. The zero-order chi connectivity index (χ0) is 12.2. The number of hydrogen-bond acceptors (Lipinski definition) is 4. The maximum Gasteiger partial charge on any atom is 0.162 e. The van der Waals surface area contributed by atoms with Gasteiger partial charge in [0.1, 0.15) is 0 Å². The van der Waals surface area contributed by atoms with E-state index in [1.165, 1.54) is 11.9 Å². The van der Waals surface area contributed by atoms with Crippen LogP contribution in [0.15, 0.2) is 42.7 Å². The van der Waals surface area contributed by atoms with Crippen LogP contribution in [0.3, 0.4) is 0 Å². The maximum atomic E-state index is 4.08. The first-order chi connectivity index (χ1) is 8.92. The number of rotatable bonds is 3. The summed E-state index contributed by atoms with van der Waals surface area (Å²) in [5.74, 6) is 0. The molecule has 0 atom stereocenters. The van der Waals surface area contributed by atoms with E-state index < -0.39 is 0 Å². The largest absolute Gasteiger partial charge is 0.293 e. The minimum Gasteiger partial charge on any atom is -0.293 e. The molecule has 2 aromatic rings. The van der Waals surface area contributed by atoms with Crippen LogP contribution in [0.4, 0.5) is 0 Å². The Morgan fingerprint density at radius 3 is 2.83 bits per heavy atom. The van der Waals surface area contributed by atoms with Crippen LogP contribution in [0.25, 0.3) is 5.70 Å². The van der Waals surface area contributed by atoms with Gasteiger partial charge in [-0.3, -0.25) is 4.90 Å². The molecule has 5 heteroatoms. The lowest BCUT2D eigenvalue weighted by molar-refractivity contribution is 0.289. The summed E-state index contributed by atoms with van der Waals surface area (Å²) in [6.07, 6.45) is 4.68. The molecule has 0 amide bonds. The third kappa shape index (κ3) is 2.46. The minimum atomic E-state index is 0.866. The molecular formula is C13H15N5. The minimum absolute atomic E-state index is 0.866. The molecule has 1 aromatic carbocycles. The van der Waals surface area contributed by atoms with E-state index >= 15 is 0 Å². The zero-order valence-electron chi connectivity index (χ0n) is 10.1. The second kappa shape index (κ2) is 5.10. The lowest BCUT2D eigenvalue weighted by Gasteiger charge is -2.26. The van der Waals surface area contributed by atoms with E-state index in [4.69, 9.17) is 0 Å². The molecule has 0 unspecified atom stereocenters. The normalized spacial score (nSPS) is 16.6. The van der Waals surface area contributed by atoms with Crippen molar-refractivity contribution in [2.45, 2.75) is 13.0 Å². The van der Waals surface area contributed by atoms with E-state index in [9.17, 15) is 0 Å². The lowest BCUT2D eigenvalue weighted by Crippen LogP contribution is -2.31. The van der Waals surface area contributed by atoms with Crippen molar-refractivity contribution in [3.8, 4) is 0 Å². The molecule has 0 fully saturated rings. The Kier molecular flexibility index (Phi) is 3.14. The van der Waals surface area contributed by atoms with E-state index in [1.807, 2.05) is 6.07 Å². The highest BCUT2D eigenvalue weighted by Crippen LogP contribution is 2.15. The summed E-state index contributed by atoms with van der Waals surface area (Å²) in [5, 5.41) is 11.8. The highest BCUT2D eigenvalue weighted by molar-refractivity contribution is 5.45. The quantitative estimate of drug-likeness (QED) is 0.815. The highest BCUT2D eigenvalue weighted by atomic mass is 15.6. The van der Waals surface area contributed by atoms with Crippen LogP contribution >= 0.6 is 0 Å². The molecule has 3 rings (SSSR count). The van der Waals surface area contributed by atoms with Gasteiger partial charge >= 0.3 is 0 Å². The first-order valence-corrected chi connectivity index (χ1v) is 6.10. The second-order valence-corrected chi connectivity index (χ2v) is 4.41. The monoisotopic (exact) mass is 241 g/mol. The van der Waals surface area contributed by atoms with Crippen molar-refractivity contribution in [2.24, 2.45) is 0 Å². The Morgan fingerprint density at radius 2 is 2.06 bits per heavy atom. The molecule has 0 saturated carbocycles. The van der Waals surface area contributed by atoms with Gasteiger partial charge in [0.15, 0.2) is 6.33 Å². The van der Waals surface area contributed by atoms with E-state index in [-0.39, 0.29) is 0 Å². The number of nitrogens with zero attached hydrogens (tertiary/aromatic N) is 5. The van der Waals surface area contributed by atoms with Gasteiger partial charge in [0.2, 0.25) is 0 Å². The van der Waals surface area contributed by atoms with Crippen molar-refractivity contribution < 1.29 is 0 Å². The SMILES string of the molecule is C1=C(n2ncnn2)CN(Cc2ccccc2)CC1. The van der Waals surface area contributed by atoms with Gasteiger partial charge in [-0.1, -0.05) is 36.4 Å². The summed E-state index contributed by atoms with van der Waals surface area (Å²) in [5.41, 5.74) is 2.44. The van der Waals surface area contributed by atoms with Gasteiger partial charge < -0.3 is 0 Å². The van der Waals surface area contributed by atoms with Crippen LogP contribution in [0.1, 0.15) is 12.0 Å². The molecule has 0 N–H and O–H groups in total. The smallest absolute Gasteiger partial charge is 0.162 e. The molecule has 0 saturated heterocycles. The number of aromatic nitrogens is 4. The summed E-state index contributed by atoms with van der Waals surface area (Å²) >= 11 is 0. The first kappa shape index (κ1) is 11.1. The summed E-state index contributed by atoms with van der Waals surface area (Å²) < 4.78 is 0. The Balaban J connectivity index is 1.68. The standard InChI is InChI=1S/C13H15N5/c1-2-5-12(6-3-1)9-17-8-4-7-13(10-17)18-15-11-14-16-18/h1-3,5-7,11H,4,8-10H2. The van der Waals surface area contributed by atoms with Crippen LogP contribution in [-0.2, 0) is 6.54 Å². The average Bonchev–Trinajstić information content (AvgIpc) is 2.94. The van der Waals surface area contributed by atoms with Crippen molar-refractivity contribution in [1.29, 1.82) is 0 Å². The molecule has 0 bridgehead atoms. The first-order valence-electron chi connectivity index (χ1n) is 6.10. The van der Waals surface area contributed by atoms with E-state index in [0.717, 1.165) is 31.8 Å². The number of hydrogen-bond donors (Lipinski definition) is 0. The van der Waals surface area contributed by atoms with Gasteiger partial charge in [0.25, 0.3) is 0 Å². The molecule has 2 heterocycles. The van der Waals surface area contributed by atoms with Crippen LogP contribution < -0.4 is 0 Å². The van der Waals surface area contributed by atoms with Crippen LogP contribution in [0, 0.1) is 0 Å². The Morgan fingerprint density at radius 1 is 1.17 bits per heavy atom. The van der Waals surface area contributed by atoms with E-state index in [0.29, 0.717) is 0 Å². The number of tetrazole rings is 1. The topological polar surface area (TPSA) is 46.8 Å². The predicted octanol–water partition coefficient (Wildman–Crippen LogP) is 1.42. The highest BCUT2D eigenvalue weighted by Gasteiger charge is 2.15. The van der Waals surface area contributed by atoms with Gasteiger partial charge in [-0.05, 0) is 17.2 Å². The molecule has 1 aliphatic heterocycles. The summed E-state index contributed by atoms with van der Waals surface area (Å²) in [6, 6.07) is 10.5. The fourth-order valence-corrected chi connectivity index (χ4v) is 2.21. The molecule has 5 nitrogen and oxygen atoms in total. The van der Waals surface area contributed by atoms with Crippen LogP contribution in [-0.4, -0.2) is 38.2 Å². The Labute approximate surface area is 106 Å². The van der Waals surface area contributed by atoms with E-state index in [2.05, 4.69) is 50.7 Å². The summed E-state index contributed by atoms with van der Waals surface area (Å²) in [7, 11) is 0. The maximum absolute atomic E-state index is 4.08. The molecule has 0 radical (unpaired) electrons. The van der Waals surface area contributed by atoms with Gasteiger partial charge in [-0.2, -0.15) is 0 Å². The van der Waals surface area contributed by atoms with Gasteiger partial charge in [0.05, 0.1) is 5.70 Å². The van der Waals surface area contributed by atoms with Crippen molar-refractivity contribution in [2.75, 3.05) is 13.1 Å². The van der Waals surface area contributed by atoms with Crippen molar-refractivity contribution >= 4 is 5.70 Å². The second-order valence-electron chi connectivity index (χ2n) is 4.41. The van der Waals surface area contributed by atoms with Crippen LogP contribution in [0.2, 0.25) is 0 Å². The average molecular weight is 241 g/mol. The predicted molar refractivity (Wildman–Crippen MR) is 68.4 cm³/mol. The summed E-state index contributed by atoms with van der Waals surface area (Å²) in [6.45, 7) is 2.91. The molecule has 1 aromatic heterocycles. The van der Waals surface area contributed by atoms with Crippen molar-refractivity contribution in [1.82, 2.24) is 25.1 Å². The van der Waals surface area contributed by atoms with Gasteiger partial charge in [-0.25, -0.2) is 0 Å². The molecule has 92 valence electrons. The van der Waals surface area contributed by atoms with Crippen LogP contribution in [0.5, 0.6) is 0 Å². The van der Waals surface area contributed by atoms with Gasteiger partial charge in [-0.15, -0.1) is 15.0 Å². The zero-order valence-corrected chi connectivity index (χ0v) is 10.1. The molecule has 0 spiro atoms. The van der Waals surface area contributed by atoms with E-state index in [1.54, 1.807) is 4.80 Å². The molecule has 18 heavy (non-hydrogen) atoms. The number of benzene rings is 1. The third-order valence-electron chi connectivity index (χ3n) is 3.07. The van der Waals surface area contributed by atoms with Crippen molar-refractivity contribution in [3.63, 3.8) is 0 Å². The van der Waals surface area contributed by atoms with Crippen molar-refractivity contribution in [3.05, 3.63) is 48.3 Å². The third-order valence-corrected chi connectivity index (χ3v) is 3.07. The molecular weight excluding hydrogens is 226 g/mol. The Hall–Kier alpha value is -2.01. The fraction of sp³-hybridized carbons (Fsp3) is 0.308. The Bertz CT molecular complexity index is 518. The fourth-order valence-electron chi connectivity index (χ4n) is 2.21. The lowest BCUT2D eigenvalue weighted by atomic mass is 10.1. The van der Waals surface area contributed by atoms with Gasteiger partial charge in [0, 0.05) is 19.6 Å². The summed E-state index contributed by atoms with van der Waals surface area (Å²) in [4.78, 5) is 4.01.